The van der Waals surface area contributed by atoms with Crippen LogP contribution in [0.2, 0.25) is 0 Å². The lowest BCUT2D eigenvalue weighted by atomic mass is 9.96. The molecule has 180 valence electrons. The Morgan fingerprint density at radius 2 is 1.89 bits per heavy atom. The number of fused-ring (bicyclic) bond motifs is 1. The van der Waals surface area contributed by atoms with E-state index in [4.69, 9.17) is 9.47 Å². The lowest BCUT2D eigenvalue weighted by molar-refractivity contribution is -0.385. The number of nitro benzene ring substituents is 1. The molecular formula is C25H23N3O6S. The third kappa shape index (κ3) is 4.65. The number of ether oxygens (including phenoxy) is 2. The molecule has 0 saturated carbocycles. The first-order chi connectivity index (χ1) is 16.8. The van der Waals surface area contributed by atoms with E-state index in [1.165, 1.54) is 16.7 Å². The molecule has 0 saturated heterocycles. The smallest absolute Gasteiger partial charge is 0.338 e. The summed E-state index contributed by atoms with van der Waals surface area (Å²) in [6.07, 6.45) is 1.49. The van der Waals surface area contributed by atoms with Crippen molar-refractivity contribution in [2.24, 2.45) is 4.99 Å². The molecule has 1 unspecified atom stereocenters. The highest BCUT2D eigenvalue weighted by Gasteiger charge is 2.33. The van der Waals surface area contributed by atoms with E-state index in [1.54, 1.807) is 56.3 Å². The largest absolute Gasteiger partial charge is 0.494 e. The Hall–Kier alpha value is -4.05. The minimum Gasteiger partial charge on any atom is -0.494 e. The average Bonchev–Trinajstić information content (AvgIpc) is 3.13. The minimum absolute atomic E-state index is 0.107. The molecule has 10 heteroatoms. The van der Waals surface area contributed by atoms with Gasteiger partial charge in [0.05, 0.1) is 45.5 Å². The third-order valence-electron chi connectivity index (χ3n) is 5.44. The highest BCUT2D eigenvalue weighted by atomic mass is 32.1. The number of carbonyl (C=O) groups excluding carboxylic acids is 1. The maximum Gasteiger partial charge on any atom is 0.338 e. The normalized spacial score (nSPS) is 15.4. The summed E-state index contributed by atoms with van der Waals surface area (Å²) in [5.41, 5.74) is 1.19. The molecule has 0 bridgehead atoms. The van der Waals surface area contributed by atoms with Crippen LogP contribution in [0.1, 0.15) is 37.9 Å². The van der Waals surface area contributed by atoms with Gasteiger partial charge in [0.2, 0.25) is 0 Å². The zero-order chi connectivity index (χ0) is 25.1. The first kappa shape index (κ1) is 24.1. The molecule has 1 atom stereocenters. The van der Waals surface area contributed by atoms with E-state index in [0.717, 1.165) is 11.3 Å². The summed E-state index contributed by atoms with van der Waals surface area (Å²) >= 11 is 1.11. The van der Waals surface area contributed by atoms with Crippen molar-refractivity contribution >= 4 is 29.1 Å². The van der Waals surface area contributed by atoms with Gasteiger partial charge in [-0.05, 0) is 50.6 Å². The first-order valence-electron chi connectivity index (χ1n) is 11.0. The van der Waals surface area contributed by atoms with Crippen LogP contribution in [0, 0.1) is 10.1 Å². The van der Waals surface area contributed by atoms with Crippen molar-refractivity contribution in [2.75, 3.05) is 13.2 Å². The van der Waals surface area contributed by atoms with Crippen molar-refractivity contribution in [3.63, 3.8) is 0 Å². The fraction of sp³-hybridized carbons (Fsp3) is 0.240. The topological polar surface area (TPSA) is 113 Å². The van der Waals surface area contributed by atoms with Gasteiger partial charge in [-0.2, -0.15) is 0 Å². The van der Waals surface area contributed by atoms with Gasteiger partial charge >= 0.3 is 5.97 Å². The Bertz CT molecular complexity index is 1500. The first-order valence-corrected chi connectivity index (χ1v) is 11.8. The zero-order valence-corrected chi connectivity index (χ0v) is 20.2. The summed E-state index contributed by atoms with van der Waals surface area (Å²) in [6.45, 7) is 5.98. The molecule has 1 aliphatic heterocycles. The van der Waals surface area contributed by atoms with E-state index >= 15 is 0 Å². The molecule has 0 fully saturated rings. The standard InChI is InChI=1S/C25H23N3O6S/c1-4-33-18-12-10-16(11-13-18)22-21(24(30)34-5-2)15(3)26-25-27(22)23(29)20(35-25)14-17-8-6-7-9-19(17)28(31)32/h6-14,22H,4-5H2,1-3H3. The Balaban J connectivity index is 1.94. The summed E-state index contributed by atoms with van der Waals surface area (Å²) < 4.78 is 12.5. The molecule has 1 aliphatic rings. The van der Waals surface area contributed by atoms with Gasteiger partial charge in [0, 0.05) is 6.07 Å². The molecule has 3 aromatic rings. The number of carbonyl (C=O) groups is 1. The van der Waals surface area contributed by atoms with Crippen molar-refractivity contribution < 1.29 is 19.2 Å². The van der Waals surface area contributed by atoms with Gasteiger partial charge in [-0.1, -0.05) is 35.6 Å². The van der Waals surface area contributed by atoms with E-state index in [0.29, 0.717) is 34.0 Å². The second-order valence-corrected chi connectivity index (χ2v) is 8.63. The monoisotopic (exact) mass is 493 g/mol. The van der Waals surface area contributed by atoms with E-state index in [9.17, 15) is 19.7 Å². The van der Waals surface area contributed by atoms with Gasteiger partial charge < -0.3 is 9.47 Å². The molecule has 0 radical (unpaired) electrons. The second kappa shape index (κ2) is 10.1. The van der Waals surface area contributed by atoms with Crippen molar-refractivity contribution in [1.82, 2.24) is 4.57 Å². The fourth-order valence-electron chi connectivity index (χ4n) is 3.94. The predicted molar refractivity (Wildman–Crippen MR) is 131 cm³/mol. The van der Waals surface area contributed by atoms with E-state index in [1.807, 2.05) is 6.92 Å². The zero-order valence-electron chi connectivity index (χ0n) is 19.4. The molecule has 0 spiro atoms. The average molecular weight is 494 g/mol. The molecule has 9 nitrogen and oxygen atoms in total. The van der Waals surface area contributed by atoms with Gasteiger partial charge in [0.1, 0.15) is 5.75 Å². The lowest BCUT2D eigenvalue weighted by Gasteiger charge is -2.24. The molecule has 2 heterocycles. The number of allylic oxidation sites excluding steroid dienone is 1. The van der Waals surface area contributed by atoms with Crippen LogP contribution >= 0.6 is 11.3 Å². The molecule has 0 amide bonds. The van der Waals surface area contributed by atoms with Gasteiger partial charge in [-0.25, -0.2) is 9.79 Å². The van der Waals surface area contributed by atoms with Crippen molar-refractivity contribution in [1.29, 1.82) is 0 Å². The highest BCUT2D eigenvalue weighted by Crippen LogP contribution is 2.31. The van der Waals surface area contributed by atoms with E-state index in [2.05, 4.69) is 4.99 Å². The number of para-hydroxylation sites is 1. The Labute approximate surface area is 204 Å². The third-order valence-corrected chi connectivity index (χ3v) is 6.43. The van der Waals surface area contributed by atoms with Crippen molar-refractivity contribution in [3.8, 4) is 5.75 Å². The van der Waals surface area contributed by atoms with E-state index < -0.39 is 22.5 Å². The molecule has 2 aromatic carbocycles. The quantitative estimate of drug-likeness (QED) is 0.284. The summed E-state index contributed by atoms with van der Waals surface area (Å²) in [5.74, 6) is 0.110. The summed E-state index contributed by atoms with van der Waals surface area (Å²) in [7, 11) is 0. The van der Waals surface area contributed by atoms with Gasteiger partial charge in [-0.15, -0.1) is 0 Å². The second-order valence-electron chi connectivity index (χ2n) is 7.62. The number of esters is 1. The van der Waals surface area contributed by atoms with Crippen LogP contribution < -0.4 is 19.6 Å². The molecular weight excluding hydrogens is 470 g/mol. The summed E-state index contributed by atoms with van der Waals surface area (Å²) in [4.78, 5) is 42.4. The SMILES string of the molecule is CCOC(=O)C1=C(C)N=c2sc(=Cc3ccccc3[N+](=O)[O-])c(=O)n2C1c1ccc(OCC)cc1. The summed E-state index contributed by atoms with van der Waals surface area (Å²) in [5, 5.41) is 11.4. The number of nitro groups is 1. The Morgan fingerprint density at radius 3 is 2.54 bits per heavy atom. The number of thiazole rings is 1. The number of hydrogen-bond donors (Lipinski definition) is 0. The van der Waals surface area contributed by atoms with Crippen LogP contribution in [0.25, 0.3) is 6.08 Å². The van der Waals surface area contributed by atoms with Crippen LogP contribution in [-0.4, -0.2) is 28.7 Å². The maximum atomic E-state index is 13.6. The van der Waals surface area contributed by atoms with Gasteiger partial charge in [-0.3, -0.25) is 19.5 Å². The predicted octanol–water partition coefficient (Wildman–Crippen LogP) is 3.11. The van der Waals surface area contributed by atoms with Crippen molar-refractivity contribution in [2.45, 2.75) is 26.8 Å². The van der Waals surface area contributed by atoms with Crippen LogP contribution in [0.5, 0.6) is 5.75 Å². The molecule has 1 aromatic heterocycles. The molecule has 0 N–H and O–H groups in total. The van der Waals surface area contributed by atoms with Crippen LogP contribution in [0.3, 0.4) is 0 Å². The molecule has 35 heavy (non-hydrogen) atoms. The molecule has 4 rings (SSSR count). The number of rotatable bonds is 7. The number of nitrogens with zero attached hydrogens (tertiary/aromatic N) is 3. The van der Waals surface area contributed by atoms with Gasteiger partial charge in [0.15, 0.2) is 4.80 Å². The van der Waals surface area contributed by atoms with Crippen molar-refractivity contribution in [3.05, 3.63) is 101 Å². The maximum absolute atomic E-state index is 13.6. The molecule has 0 aliphatic carbocycles. The highest BCUT2D eigenvalue weighted by molar-refractivity contribution is 7.07. The Morgan fingerprint density at radius 1 is 1.17 bits per heavy atom. The summed E-state index contributed by atoms with van der Waals surface area (Å²) in [6, 6.07) is 12.6. The minimum atomic E-state index is -0.770. The van der Waals surface area contributed by atoms with E-state index in [-0.39, 0.29) is 22.4 Å². The number of aromatic nitrogens is 1. The fourth-order valence-corrected chi connectivity index (χ4v) is 4.97. The van der Waals surface area contributed by atoms with Gasteiger partial charge in [0.25, 0.3) is 11.2 Å². The Kier molecular flexibility index (Phi) is 6.92. The number of hydrogen-bond acceptors (Lipinski definition) is 8. The van der Waals surface area contributed by atoms with Crippen LogP contribution in [0.15, 0.2) is 69.6 Å². The van der Waals surface area contributed by atoms with Crippen LogP contribution in [-0.2, 0) is 9.53 Å². The van der Waals surface area contributed by atoms with Crippen LogP contribution in [0.4, 0.5) is 5.69 Å². The lowest BCUT2D eigenvalue weighted by Crippen LogP contribution is -2.39. The number of benzene rings is 2.